The van der Waals surface area contributed by atoms with E-state index in [-0.39, 0.29) is 17.5 Å². The number of aromatic nitrogens is 3. The fourth-order valence-corrected chi connectivity index (χ4v) is 3.65. The molecule has 0 spiro atoms. The molecule has 1 aliphatic heterocycles. The number of hydrogen-bond donors (Lipinski definition) is 1. The van der Waals surface area contributed by atoms with Gasteiger partial charge in [-0.1, -0.05) is 37.2 Å². The summed E-state index contributed by atoms with van der Waals surface area (Å²) in [4.78, 5) is 37.6. The highest BCUT2D eigenvalue weighted by Gasteiger charge is 2.34. The summed E-state index contributed by atoms with van der Waals surface area (Å²) in [7, 11) is 0. The third-order valence-electron chi connectivity index (χ3n) is 4.09. The van der Waals surface area contributed by atoms with E-state index >= 15 is 0 Å². The Kier molecular flexibility index (Phi) is 5.37. The first-order valence-corrected chi connectivity index (χ1v) is 9.35. The lowest BCUT2D eigenvalue weighted by molar-refractivity contribution is 0.0655. The topological polar surface area (TPSA) is 88.1 Å². The Labute approximate surface area is 149 Å². The number of hydrogen-bond acceptors (Lipinski definition) is 5. The van der Waals surface area contributed by atoms with Crippen molar-refractivity contribution in [3.05, 3.63) is 45.9 Å². The van der Waals surface area contributed by atoms with Crippen LogP contribution in [0.15, 0.2) is 34.2 Å². The standard InChI is InChI=1S/C17H20N4O3S/c1-2-3-9-21-16(24)18-19-17(21)25-11-6-10-20-14(22)12-7-4-5-8-13(12)15(20)23/h4-5,7-8H,2-3,6,9-11H2,1H3,(H,18,24). The minimum atomic E-state index is -0.231. The van der Waals surface area contributed by atoms with Crippen LogP contribution in [0.4, 0.5) is 0 Å². The zero-order valence-electron chi connectivity index (χ0n) is 14.0. The van der Waals surface area contributed by atoms with Gasteiger partial charge in [0.05, 0.1) is 11.1 Å². The van der Waals surface area contributed by atoms with Crippen LogP contribution in [0, 0.1) is 0 Å². The highest BCUT2D eigenvalue weighted by atomic mass is 32.2. The zero-order chi connectivity index (χ0) is 17.8. The van der Waals surface area contributed by atoms with Gasteiger partial charge in [-0.3, -0.25) is 19.1 Å². The van der Waals surface area contributed by atoms with Gasteiger partial charge in [0, 0.05) is 18.8 Å². The maximum absolute atomic E-state index is 12.3. The van der Waals surface area contributed by atoms with Gasteiger partial charge in [0.1, 0.15) is 0 Å². The second-order valence-corrected chi connectivity index (χ2v) is 6.89. The van der Waals surface area contributed by atoms with Crippen LogP contribution in [0.2, 0.25) is 0 Å². The predicted octanol–water partition coefficient (Wildman–Crippen LogP) is 2.15. The summed E-state index contributed by atoms with van der Waals surface area (Å²) in [6.07, 6.45) is 2.56. The Balaban J connectivity index is 1.54. The summed E-state index contributed by atoms with van der Waals surface area (Å²) < 4.78 is 1.64. The fraction of sp³-hybridized carbons (Fsp3) is 0.412. The lowest BCUT2D eigenvalue weighted by atomic mass is 10.1. The number of H-pyrrole nitrogens is 1. The van der Waals surface area contributed by atoms with Crippen molar-refractivity contribution in [1.29, 1.82) is 0 Å². The summed E-state index contributed by atoms with van der Waals surface area (Å²) in [5.74, 6) is 0.208. The van der Waals surface area contributed by atoms with Crippen LogP contribution in [-0.4, -0.2) is 43.8 Å². The van der Waals surface area contributed by atoms with Gasteiger partial charge in [-0.15, -0.1) is 5.10 Å². The molecule has 1 aromatic heterocycles. The molecule has 1 aliphatic rings. The van der Waals surface area contributed by atoms with Gasteiger partial charge < -0.3 is 0 Å². The van der Waals surface area contributed by atoms with Crippen molar-refractivity contribution >= 4 is 23.6 Å². The first-order chi connectivity index (χ1) is 12.1. The van der Waals surface area contributed by atoms with E-state index in [1.54, 1.807) is 28.8 Å². The quantitative estimate of drug-likeness (QED) is 0.443. The molecule has 2 heterocycles. The second kappa shape index (κ2) is 7.69. The molecule has 0 saturated carbocycles. The van der Waals surface area contributed by atoms with Crippen LogP contribution in [-0.2, 0) is 6.54 Å². The summed E-state index contributed by atoms with van der Waals surface area (Å²) >= 11 is 1.46. The molecule has 0 saturated heterocycles. The number of nitrogens with one attached hydrogen (secondary N) is 1. The van der Waals surface area contributed by atoms with Crippen LogP contribution >= 0.6 is 11.8 Å². The highest BCUT2D eigenvalue weighted by molar-refractivity contribution is 7.99. The summed E-state index contributed by atoms with van der Waals surface area (Å²) in [5.41, 5.74) is 0.748. The lowest BCUT2D eigenvalue weighted by Gasteiger charge is -2.13. The zero-order valence-corrected chi connectivity index (χ0v) is 14.8. The van der Waals surface area contributed by atoms with Crippen LogP contribution < -0.4 is 5.69 Å². The van der Waals surface area contributed by atoms with Crippen molar-refractivity contribution < 1.29 is 9.59 Å². The average Bonchev–Trinajstić information content (AvgIpc) is 3.09. The minimum Gasteiger partial charge on any atom is -0.274 e. The molecule has 0 radical (unpaired) electrons. The molecule has 1 aromatic carbocycles. The molecule has 25 heavy (non-hydrogen) atoms. The second-order valence-electron chi connectivity index (χ2n) is 5.83. The van der Waals surface area contributed by atoms with Gasteiger partial charge in [0.2, 0.25) is 0 Å². The smallest absolute Gasteiger partial charge is 0.274 e. The van der Waals surface area contributed by atoms with Gasteiger partial charge in [-0.25, -0.2) is 9.89 Å². The first kappa shape index (κ1) is 17.5. The van der Waals surface area contributed by atoms with Crippen molar-refractivity contribution in [3.8, 4) is 0 Å². The molecule has 2 aromatic rings. The van der Waals surface area contributed by atoms with E-state index in [9.17, 15) is 14.4 Å². The van der Waals surface area contributed by atoms with Gasteiger partial charge in [0.15, 0.2) is 5.16 Å². The van der Waals surface area contributed by atoms with Crippen molar-refractivity contribution in [2.75, 3.05) is 12.3 Å². The molecule has 0 atom stereocenters. The number of thioether (sulfide) groups is 1. The highest BCUT2D eigenvalue weighted by Crippen LogP contribution is 2.23. The number of amides is 2. The number of fused-ring (bicyclic) bond motifs is 1. The summed E-state index contributed by atoms with van der Waals surface area (Å²) in [6, 6.07) is 6.88. The number of imide groups is 1. The van der Waals surface area contributed by atoms with Crippen LogP contribution in [0.1, 0.15) is 46.9 Å². The normalized spacial score (nSPS) is 13.6. The molecule has 132 valence electrons. The number of aromatic amines is 1. The monoisotopic (exact) mass is 360 g/mol. The maximum Gasteiger partial charge on any atom is 0.343 e. The van der Waals surface area contributed by atoms with Gasteiger partial charge in [0.25, 0.3) is 11.8 Å². The summed E-state index contributed by atoms with van der Waals surface area (Å²) in [6.45, 7) is 3.08. The van der Waals surface area contributed by atoms with Gasteiger partial charge in [-0.05, 0) is 25.0 Å². The van der Waals surface area contributed by atoms with E-state index < -0.39 is 0 Å². The maximum atomic E-state index is 12.3. The largest absolute Gasteiger partial charge is 0.343 e. The molecule has 0 unspecified atom stereocenters. The molecule has 8 heteroatoms. The van der Waals surface area contributed by atoms with E-state index in [1.165, 1.54) is 16.7 Å². The Morgan fingerprint density at radius 1 is 1.04 bits per heavy atom. The molecule has 0 fully saturated rings. The van der Waals surface area contributed by atoms with Crippen molar-refractivity contribution in [2.24, 2.45) is 0 Å². The molecular weight excluding hydrogens is 340 g/mol. The number of nitrogens with zero attached hydrogens (tertiary/aromatic N) is 3. The Morgan fingerprint density at radius 2 is 1.72 bits per heavy atom. The minimum absolute atomic E-state index is 0.198. The van der Waals surface area contributed by atoms with E-state index in [1.807, 2.05) is 0 Å². The van der Waals surface area contributed by atoms with Crippen molar-refractivity contribution in [2.45, 2.75) is 37.9 Å². The van der Waals surface area contributed by atoms with E-state index in [0.29, 0.717) is 41.5 Å². The lowest BCUT2D eigenvalue weighted by Crippen LogP contribution is -2.31. The van der Waals surface area contributed by atoms with Gasteiger partial charge >= 0.3 is 5.69 Å². The number of carbonyl (C=O) groups is 2. The third kappa shape index (κ3) is 3.53. The molecule has 0 aliphatic carbocycles. The number of unbranched alkanes of at least 4 members (excludes halogenated alkanes) is 1. The summed E-state index contributed by atoms with van der Waals surface area (Å²) in [5, 5.41) is 7.17. The molecule has 1 N–H and O–H groups in total. The third-order valence-corrected chi connectivity index (χ3v) is 5.16. The van der Waals surface area contributed by atoms with Crippen molar-refractivity contribution in [1.82, 2.24) is 19.7 Å². The van der Waals surface area contributed by atoms with Crippen LogP contribution in [0.3, 0.4) is 0 Å². The van der Waals surface area contributed by atoms with Crippen LogP contribution in [0.25, 0.3) is 0 Å². The fourth-order valence-electron chi connectivity index (χ4n) is 2.76. The molecule has 2 amide bonds. The number of rotatable bonds is 8. The van der Waals surface area contributed by atoms with Gasteiger partial charge in [-0.2, -0.15) is 0 Å². The first-order valence-electron chi connectivity index (χ1n) is 8.36. The van der Waals surface area contributed by atoms with E-state index in [2.05, 4.69) is 17.1 Å². The molecular formula is C17H20N4O3S. The Morgan fingerprint density at radius 3 is 2.36 bits per heavy atom. The number of carbonyl (C=O) groups excluding carboxylic acids is 2. The van der Waals surface area contributed by atoms with E-state index in [0.717, 1.165) is 12.8 Å². The molecule has 3 rings (SSSR count). The Hall–Kier alpha value is -2.35. The number of benzene rings is 1. The molecule has 0 bridgehead atoms. The average molecular weight is 360 g/mol. The Bertz CT molecular complexity index is 807. The SMILES string of the molecule is CCCCn1c(SCCCN2C(=O)c3ccccc3C2=O)n[nH]c1=O. The van der Waals surface area contributed by atoms with E-state index in [4.69, 9.17) is 0 Å². The van der Waals surface area contributed by atoms with Crippen molar-refractivity contribution in [3.63, 3.8) is 0 Å². The molecule has 7 nitrogen and oxygen atoms in total. The predicted molar refractivity (Wildman–Crippen MR) is 94.9 cm³/mol. The van der Waals surface area contributed by atoms with Crippen LogP contribution in [0.5, 0.6) is 0 Å².